The summed E-state index contributed by atoms with van der Waals surface area (Å²) in [4.78, 5) is 23.9. The zero-order valence-corrected chi connectivity index (χ0v) is 10.5. The molecular formula is C10H16N4O4. The van der Waals surface area contributed by atoms with Crippen LogP contribution in [0.5, 0.6) is 0 Å². The van der Waals surface area contributed by atoms with Gasteiger partial charge in [-0.15, -0.1) is 5.10 Å². The van der Waals surface area contributed by atoms with E-state index < -0.39 is 5.97 Å². The molecule has 0 aromatic carbocycles. The second-order valence-corrected chi connectivity index (χ2v) is 3.92. The summed E-state index contributed by atoms with van der Waals surface area (Å²) in [5.41, 5.74) is 0.113. The van der Waals surface area contributed by atoms with Gasteiger partial charge in [-0.1, -0.05) is 5.21 Å². The van der Waals surface area contributed by atoms with Gasteiger partial charge < -0.3 is 14.7 Å². The molecule has 1 atom stereocenters. The highest BCUT2D eigenvalue weighted by molar-refractivity contribution is 5.92. The Kier molecular flexibility index (Phi) is 4.78. The van der Waals surface area contributed by atoms with Crippen LogP contribution in [0.2, 0.25) is 0 Å². The molecule has 1 N–H and O–H groups in total. The molecule has 8 nitrogen and oxygen atoms in total. The first-order chi connectivity index (χ1) is 8.45. The maximum atomic E-state index is 12.0. The average Bonchev–Trinajstić information content (AvgIpc) is 2.75. The Morgan fingerprint density at radius 3 is 2.83 bits per heavy atom. The van der Waals surface area contributed by atoms with Crippen molar-refractivity contribution in [3.05, 3.63) is 11.9 Å². The van der Waals surface area contributed by atoms with E-state index in [1.165, 1.54) is 11.1 Å². The SMILES string of the molecule is COCC(C)N(C)C(=O)c1cn(CC(=O)O)nn1. The Balaban J connectivity index is 2.71. The molecule has 0 radical (unpaired) electrons. The van der Waals surface area contributed by atoms with E-state index in [-0.39, 0.29) is 24.2 Å². The molecule has 0 aliphatic carbocycles. The van der Waals surface area contributed by atoms with Crippen LogP contribution in [0.15, 0.2) is 6.20 Å². The minimum absolute atomic E-state index is 0.105. The molecule has 0 saturated carbocycles. The molecule has 1 heterocycles. The molecule has 1 rings (SSSR count). The van der Waals surface area contributed by atoms with E-state index in [0.717, 1.165) is 4.68 Å². The van der Waals surface area contributed by atoms with Crippen LogP contribution in [0.4, 0.5) is 0 Å². The van der Waals surface area contributed by atoms with Gasteiger partial charge in [0.25, 0.3) is 5.91 Å². The number of carbonyl (C=O) groups excluding carboxylic acids is 1. The summed E-state index contributed by atoms with van der Waals surface area (Å²) in [7, 11) is 3.18. The second-order valence-electron chi connectivity index (χ2n) is 3.92. The molecule has 1 unspecified atom stereocenters. The second kappa shape index (κ2) is 6.10. The lowest BCUT2D eigenvalue weighted by molar-refractivity contribution is -0.137. The van der Waals surface area contributed by atoms with Crippen LogP contribution in [-0.2, 0) is 16.1 Å². The lowest BCUT2D eigenvalue weighted by Gasteiger charge is -2.23. The van der Waals surface area contributed by atoms with Gasteiger partial charge in [0.15, 0.2) is 5.69 Å². The van der Waals surface area contributed by atoms with E-state index in [4.69, 9.17) is 9.84 Å². The third kappa shape index (κ3) is 3.52. The highest BCUT2D eigenvalue weighted by Crippen LogP contribution is 2.04. The number of carbonyl (C=O) groups is 2. The van der Waals surface area contributed by atoms with Crippen molar-refractivity contribution in [2.24, 2.45) is 0 Å². The predicted octanol–water partition coefficient (Wildman–Crippen LogP) is -0.530. The molecule has 1 aromatic heterocycles. The van der Waals surface area contributed by atoms with Crippen molar-refractivity contribution in [3.63, 3.8) is 0 Å². The molecule has 100 valence electrons. The molecule has 8 heteroatoms. The number of ether oxygens (including phenoxy) is 1. The molecule has 0 fully saturated rings. The van der Waals surface area contributed by atoms with Crippen LogP contribution in [0.3, 0.4) is 0 Å². The third-order valence-electron chi connectivity index (χ3n) is 2.44. The first-order valence-electron chi connectivity index (χ1n) is 5.33. The molecule has 0 spiro atoms. The van der Waals surface area contributed by atoms with Crippen LogP contribution in [0.25, 0.3) is 0 Å². The molecule has 1 amide bonds. The number of hydrogen-bond acceptors (Lipinski definition) is 5. The van der Waals surface area contributed by atoms with Gasteiger partial charge in [-0.25, -0.2) is 4.68 Å². The van der Waals surface area contributed by atoms with Crippen LogP contribution in [0.1, 0.15) is 17.4 Å². The summed E-state index contributed by atoms with van der Waals surface area (Å²) < 4.78 is 6.06. The van der Waals surface area contributed by atoms with Crippen LogP contribution in [-0.4, -0.2) is 63.7 Å². The largest absolute Gasteiger partial charge is 0.480 e. The number of methoxy groups -OCH3 is 1. The van der Waals surface area contributed by atoms with E-state index in [9.17, 15) is 9.59 Å². The van der Waals surface area contributed by atoms with Gasteiger partial charge >= 0.3 is 5.97 Å². The molecular weight excluding hydrogens is 240 g/mol. The zero-order chi connectivity index (χ0) is 13.7. The smallest absolute Gasteiger partial charge is 0.325 e. The number of nitrogens with zero attached hydrogens (tertiary/aromatic N) is 4. The predicted molar refractivity (Wildman–Crippen MR) is 61.1 cm³/mol. The van der Waals surface area contributed by atoms with Crippen LogP contribution >= 0.6 is 0 Å². The Morgan fingerprint density at radius 1 is 1.61 bits per heavy atom. The standard InChI is InChI=1S/C10H16N4O4/c1-7(6-18-3)13(2)10(17)8-4-14(12-11-8)5-9(15)16/h4,7H,5-6H2,1-3H3,(H,15,16). The number of aromatic nitrogens is 3. The van der Waals surface area contributed by atoms with Crippen molar-refractivity contribution in [1.82, 2.24) is 19.9 Å². The summed E-state index contributed by atoms with van der Waals surface area (Å²) in [6, 6.07) is -0.105. The Labute approximate surface area is 104 Å². The lowest BCUT2D eigenvalue weighted by atomic mass is 10.3. The molecule has 0 aliphatic heterocycles. The third-order valence-corrected chi connectivity index (χ3v) is 2.44. The Hall–Kier alpha value is -1.96. The van der Waals surface area contributed by atoms with Crippen molar-refractivity contribution in [1.29, 1.82) is 0 Å². The van der Waals surface area contributed by atoms with Gasteiger partial charge in [0.2, 0.25) is 0 Å². The van der Waals surface area contributed by atoms with Crippen LogP contribution in [0, 0.1) is 0 Å². The van der Waals surface area contributed by atoms with E-state index in [0.29, 0.717) is 6.61 Å². The van der Waals surface area contributed by atoms with Crippen molar-refractivity contribution >= 4 is 11.9 Å². The summed E-state index contributed by atoms with van der Waals surface area (Å²) >= 11 is 0. The number of rotatable bonds is 6. The number of carboxylic acids is 1. The highest BCUT2D eigenvalue weighted by atomic mass is 16.5. The number of aliphatic carboxylic acids is 1. The first kappa shape index (κ1) is 14.1. The normalized spacial score (nSPS) is 12.2. The minimum Gasteiger partial charge on any atom is -0.480 e. The topological polar surface area (TPSA) is 97.5 Å². The van der Waals surface area contributed by atoms with Crippen LogP contribution < -0.4 is 0 Å². The maximum absolute atomic E-state index is 12.0. The number of carboxylic acid groups (broad SMARTS) is 1. The van der Waals surface area contributed by atoms with Crippen molar-refractivity contribution in [2.75, 3.05) is 20.8 Å². The van der Waals surface area contributed by atoms with Gasteiger partial charge in [0, 0.05) is 14.2 Å². The highest BCUT2D eigenvalue weighted by Gasteiger charge is 2.20. The Bertz CT molecular complexity index is 431. The quantitative estimate of drug-likeness (QED) is 0.734. The van der Waals surface area contributed by atoms with Gasteiger partial charge in [-0.05, 0) is 6.92 Å². The molecule has 0 saturated heterocycles. The van der Waals surface area contributed by atoms with Gasteiger partial charge in [-0.3, -0.25) is 9.59 Å². The van der Waals surface area contributed by atoms with E-state index in [1.54, 1.807) is 14.2 Å². The summed E-state index contributed by atoms with van der Waals surface area (Å²) in [5, 5.41) is 15.8. The fraction of sp³-hybridized carbons (Fsp3) is 0.600. The van der Waals surface area contributed by atoms with Crippen molar-refractivity contribution < 1.29 is 19.4 Å². The summed E-state index contributed by atoms with van der Waals surface area (Å²) in [6.45, 7) is 1.92. The summed E-state index contributed by atoms with van der Waals surface area (Å²) in [5.74, 6) is -1.36. The number of likely N-dealkylation sites (N-methyl/N-ethyl adjacent to an activating group) is 1. The maximum Gasteiger partial charge on any atom is 0.325 e. The fourth-order valence-electron chi connectivity index (χ4n) is 1.35. The average molecular weight is 256 g/mol. The van der Waals surface area contributed by atoms with E-state index in [2.05, 4.69) is 10.3 Å². The van der Waals surface area contributed by atoms with E-state index in [1.807, 2.05) is 6.92 Å². The van der Waals surface area contributed by atoms with Gasteiger partial charge in [0.05, 0.1) is 18.8 Å². The monoisotopic (exact) mass is 256 g/mol. The minimum atomic E-state index is -1.04. The number of amides is 1. The Morgan fingerprint density at radius 2 is 2.28 bits per heavy atom. The molecule has 1 aromatic rings. The fourth-order valence-corrected chi connectivity index (χ4v) is 1.35. The number of hydrogen-bond donors (Lipinski definition) is 1. The first-order valence-corrected chi connectivity index (χ1v) is 5.33. The van der Waals surface area contributed by atoms with Crippen molar-refractivity contribution in [2.45, 2.75) is 19.5 Å². The lowest BCUT2D eigenvalue weighted by Crippen LogP contribution is -2.38. The molecule has 0 aliphatic rings. The summed E-state index contributed by atoms with van der Waals surface area (Å²) in [6.07, 6.45) is 1.31. The van der Waals surface area contributed by atoms with Crippen molar-refractivity contribution in [3.8, 4) is 0 Å². The van der Waals surface area contributed by atoms with Gasteiger partial charge in [-0.2, -0.15) is 0 Å². The molecule has 0 bridgehead atoms. The molecule has 18 heavy (non-hydrogen) atoms. The zero-order valence-electron chi connectivity index (χ0n) is 10.5. The van der Waals surface area contributed by atoms with Gasteiger partial charge in [0.1, 0.15) is 6.54 Å². The van der Waals surface area contributed by atoms with E-state index >= 15 is 0 Å².